The third kappa shape index (κ3) is 3.47. The summed E-state index contributed by atoms with van der Waals surface area (Å²) in [5, 5.41) is 19.9. The number of carboxylic acid groups (broad SMARTS) is 1. The molecule has 0 radical (unpaired) electrons. The molecule has 172 valence electrons. The van der Waals surface area contributed by atoms with Gasteiger partial charge in [0.2, 0.25) is 5.78 Å². The van der Waals surface area contributed by atoms with Gasteiger partial charge in [0.15, 0.2) is 11.2 Å². The molecule has 0 aromatic heterocycles. The Morgan fingerprint density at radius 1 is 1.22 bits per heavy atom. The Bertz CT molecular complexity index is 997. The smallest absolute Gasteiger partial charge is 0.338 e. The topological polar surface area (TPSA) is 127 Å². The van der Waals surface area contributed by atoms with Gasteiger partial charge in [0, 0.05) is 31.3 Å². The second-order valence-corrected chi connectivity index (χ2v) is 8.58. The Hall–Kier alpha value is -3.16. The first kappa shape index (κ1) is 23.5. The molecular formula is C24H28O8. The highest BCUT2D eigenvalue weighted by molar-refractivity contribution is 6.09. The summed E-state index contributed by atoms with van der Waals surface area (Å²) in [5.74, 6) is -4.25. The first-order chi connectivity index (χ1) is 15.0. The van der Waals surface area contributed by atoms with Crippen molar-refractivity contribution in [3.05, 3.63) is 47.0 Å². The van der Waals surface area contributed by atoms with Gasteiger partial charge in [-0.3, -0.25) is 9.59 Å². The molecule has 0 saturated heterocycles. The van der Waals surface area contributed by atoms with Crippen molar-refractivity contribution >= 4 is 23.5 Å². The second-order valence-electron chi connectivity index (χ2n) is 8.58. The monoisotopic (exact) mass is 444 g/mol. The zero-order chi connectivity index (χ0) is 23.8. The number of aliphatic hydroxyl groups excluding tert-OH is 1. The number of carbonyl (C=O) groups is 4. The molecular weight excluding hydrogens is 416 g/mol. The van der Waals surface area contributed by atoms with E-state index in [1.807, 2.05) is 6.92 Å². The molecule has 3 rings (SSSR count). The van der Waals surface area contributed by atoms with Gasteiger partial charge in [-0.2, -0.15) is 0 Å². The van der Waals surface area contributed by atoms with E-state index in [1.165, 1.54) is 19.9 Å². The van der Waals surface area contributed by atoms with Crippen LogP contribution in [0.5, 0.6) is 0 Å². The zero-order valence-corrected chi connectivity index (χ0v) is 18.6. The standard InChI is InChI=1S/C24H28O8/c1-5-7-14-11-15(25)12-18(23(4)20(28)13(3)22(30)32-23)24(14)21(29)16(9-10-19(26)27)17(31-24)8-6-2/h5,7,9-10,14,18,28H,6,8,11-12H2,1-4H3,(H,26,27)/b7-5+,10-9-/t14-,18+,23+,24+/m1/s1. The summed E-state index contributed by atoms with van der Waals surface area (Å²) in [4.78, 5) is 50.1. The molecule has 2 aliphatic heterocycles. The van der Waals surface area contributed by atoms with Crippen LogP contribution in [0.4, 0.5) is 0 Å². The van der Waals surface area contributed by atoms with Crippen molar-refractivity contribution in [3.8, 4) is 0 Å². The molecule has 0 unspecified atom stereocenters. The van der Waals surface area contributed by atoms with E-state index >= 15 is 0 Å². The van der Waals surface area contributed by atoms with Crippen molar-refractivity contribution in [1.82, 2.24) is 0 Å². The maximum absolute atomic E-state index is 13.9. The van der Waals surface area contributed by atoms with Gasteiger partial charge in [-0.25, -0.2) is 9.59 Å². The highest BCUT2D eigenvalue weighted by Gasteiger charge is 2.68. The number of allylic oxidation sites excluding steroid dienone is 3. The van der Waals surface area contributed by atoms with E-state index in [4.69, 9.17) is 14.6 Å². The number of esters is 1. The zero-order valence-electron chi connectivity index (χ0n) is 18.6. The van der Waals surface area contributed by atoms with Crippen LogP contribution in [0.15, 0.2) is 47.0 Å². The first-order valence-electron chi connectivity index (χ1n) is 10.7. The number of hydrogen-bond acceptors (Lipinski definition) is 7. The van der Waals surface area contributed by atoms with Crippen molar-refractivity contribution in [2.24, 2.45) is 11.8 Å². The number of aliphatic carboxylic acids is 1. The van der Waals surface area contributed by atoms with E-state index < -0.39 is 40.8 Å². The Morgan fingerprint density at radius 3 is 2.44 bits per heavy atom. The Kier molecular flexibility index (Phi) is 6.18. The molecule has 3 aliphatic rings. The fraction of sp³-hybridized carbons (Fsp3) is 0.500. The lowest BCUT2D eigenvalue weighted by atomic mass is 9.59. The molecule has 32 heavy (non-hydrogen) atoms. The molecule has 0 bridgehead atoms. The highest BCUT2D eigenvalue weighted by Crippen LogP contribution is 2.55. The van der Waals surface area contributed by atoms with Gasteiger partial charge in [-0.1, -0.05) is 19.1 Å². The van der Waals surface area contributed by atoms with Gasteiger partial charge in [0.05, 0.1) is 17.1 Å². The van der Waals surface area contributed by atoms with Gasteiger partial charge < -0.3 is 19.7 Å². The molecule has 8 heteroatoms. The van der Waals surface area contributed by atoms with Crippen LogP contribution in [0.2, 0.25) is 0 Å². The van der Waals surface area contributed by atoms with Crippen molar-refractivity contribution in [2.75, 3.05) is 0 Å². The Labute approximate surface area is 186 Å². The number of aliphatic hydroxyl groups is 1. The molecule has 1 spiro atoms. The molecule has 2 heterocycles. The van der Waals surface area contributed by atoms with E-state index in [0.29, 0.717) is 18.6 Å². The average Bonchev–Trinajstić information content (AvgIpc) is 3.10. The van der Waals surface area contributed by atoms with Gasteiger partial charge in [0.1, 0.15) is 17.3 Å². The minimum absolute atomic E-state index is 0.0152. The average molecular weight is 444 g/mol. The minimum Gasteiger partial charge on any atom is -0.507 e. The second kappa shape index (κ2) is 8.41. The molecule has 8 nitrogen and oxygen atoms in total. The number of hydrogen-bond donors (Lipinski definition) is 2. The summed E-state index contributed by atoms with van der Waals surface area (Å²) >= 11 is 0. The predicted octanol–water partition coefficient (Wildman–Crippen LogP) is 3.34. The highest BCUT2D eigenvalue weighted by atomic mass is 16.6. The lowest BCUT2D eigenvalue weighted by Crippen LogP contribution is -2.62. The SMILES string of the molecule is C/C=C/[C@@H]1CC(=O)C[C@@H]([C@]2(C)OC(=O)C(C)=C2O)[C@@]12OC(CCC)=C(/C=C\C(=O)O)C2=O. The number of carboxylic acids is 1. The lowest BCUT2D eigenvalue weighted by Gasteiger charge is -2.49. The van der Waals surface area contributed by atoms with E-state index in [1.54, 1.807) is 19.1 Å². The van der Waals surface area contributed by atoms with Crippen LogP contribution in [0.3, 0.4) is 0 Å². The largest absolute Gasteiger partial charge is 0.507 e. The minimum atomic E-state index is -1.64. The van der Waals surface area contributed by atoms with Crippen LogP contribution in [-0.4, -0.2) is 44.9 Å². The summed E-state index contributed by atoms with van der Waals surface area (Å²) in [6.07, 6.45) is 6.43. The summed E-state index contributed by atoms with van der Waals surface area (Å²) in [7, 11) is 0. The van der Waals surface area contributed by atoms with Crippen LogP contribution in [0.1, 0.15) is 53.4 Å². The van der Waals surface area contributed by atoms with Crippen molar-refractivity contribution in [3.63, 3.8) is 0 Å². The number of ketones is 2. The van der Waals surface area contributed by atoms with E-state index in [9.17, 15) is 24.3 Å². The Balaban J connectivity index is 2.22. The van der Waals surface area contributed by atoms with Gasteiger partial charge in [0.25, 0.3) is 0 Å². The van der Waals surface area contributed by atoms with Crippen LogP contribution >= 0.6 is 0 Å². The number of cyclic esters (lactones) is 1. The maximum atomic E-state index is 13.9. The quantitative estimate of drug-likeness (QED) is 0.363. The summed E-state index contributed by atoms with van der Waals surface area (Å²) in [6, 6.07) is 0. The third-order valence-electron chi connectivity index (χ3n) is 6.54. The summed E-state index contributed by atoms with van der Waals surface area (Å²) in [6.45, 7) is 6.55. The maximum Gasteiger partial charge on any atom is 0.338 e. The van der Waals surface area contributed by atoms with E-state index in [0.717, 1.165) is 6.08 Å². The number of carbonyl (C=O) groups excluding carboxylic acids is 3. The van der Waals surface area contributed by atoms with E-state index in [2.05, 4.69) is 0 Å². The molecule has 0 aromatic rings. The summed E-state index contributed by atoms with van der Waals surface area (Å²) < 4.78 is 11.9. The molecule has 1 saturated carbocycles. The molecule has 0 aromatic carbocycles. The number of Topliss-reactive ketones (excluding diaryl/α,β-unsaturated/α-hetero) is 2. The fourth-order valence-corrected chi connectivity index (χ4v) is 5.04. The fourth-order valence-electron chi connectivity index (χ4n) is 5.04. The molecule has 2 N–H and O–H groups in total. The molecule has 1 aliphatic carbocycles. The van der Waals surface area contributed by atoms with Crippen molar-refractivity contribution in [1.29, 1.82) is 0 Å². The predicted molar refractivity (Wildman–Crippen MR) is 113 cm³/mol. The lowest BCUT2D eigenvalue weighted by molar-refractivity contribution is -0.184. The van der Waals surface area contributed by atoms with Gasteiger partial charge in [-0.05, 0) is 33.3 Å². The van der Waals surface area contributed by atoms with Crippen LogP contribution in [0.25, 0.3) is 0 Å². The molecule has 4 atom stereocenters. The van der Waals surface area contributed by atoms with Crippen LogP contribution in [0, 0.1) is 11.8 Å². The molecule has 0 amide bonds. The van der Waals surface area contributed by atoms with E-state index in [-0.39, 0.29) is 35.5 Å². The Morgan fingerprint density at radius 2 is 1.91 bits per heavy atom. The van der Waals surface area contributed by atoms with Gasteiger partial charge >= 0.3 is 11.9 Å². The van der Waals surface area contributed by atoms with Gasteiger partial charge in [-0.15, -0.1) is 0 Å². The van der Waals surface area contributed by atoms with Crippen LogP contribution < -0.4 is 0 Å². The molecule has 1 fully saturated rings. The van der Waals surface area contributed by atoms with Crippen LogP contribution in [-0.2, 0) is 28.7 Å². The van der Waals surface area contributed by atoms with Crippen molar-refractivity contribution in [2.45, 2.75) is 64.6 Å². The summed E-state index contributed by atoms with van der Waals surface area (Å²) in [5.41, 5.74) is -3.13. The number of rotatable bonds is 6. The normalized spacial score (nSPS) is 33.2. The first-order valence-corrected chi connectivity index (χ1v) is 10.7. The third-order valence-corrected chi connectivity index (χ3v) is 6.54. The number of ether oxygens (including phenoxy) is 2. The van der Waals surface area contributed by atoms with Crippen molar-refractivity contribution < 1.29 is 38.9 Å².